The average molecular weight is 193 g/mol. The molecular formula is C11H15NO2. The van der Waals surface area contributed by atoms with Gasteiger partial charge in [-0.2, -0.15) is 0 Å². The third-order valence-electron chi connectivity index (χ3n) is 2.52. The summed E-state index contributed by atoms with van der Waals surface area (Å²) in [6, 6.07) is 3.80. The lowest BCUT2D eigenvalue weighted by atomic mass is 9.87. The van der Waals surface area contributed by atoms with Gasteiger partial charge in [-0.05, 0) is 26.0 Å². The molecule has 0 amide bonds. The Bertz CT molecular complexity index is 327. The highest BCUT2D eigenvalue weighted by Crippen LogP contribution is 2.28. The van der Waals surface area contributed by atoms with Gasteiger partial charge in [0.15, 0.2) is 0 Å². The molecule has 0 bridgehead atoms. The number of piperidine rings is 1. The first kappa shape index (κ1) is 9.46. The molecule has 0 radical (unpaired) electrons. The summed E-state index contributed by atoms with van der Waals surface area (Å²) >= 11 is 0. The third kappa shape index (κ3) is 1.87. The van der Waals surface area contributed by atoms with E-state index in [-0.39, 0.29) is 11.6 Å². The minimum absolute atomic E-state index is 0.0428. The third-order valence-corrected chi connectivity index (χ3v) is 2.52. The Morgan fingerprint density at radius 2 is 2.36 bits per heavy atom. The van der Waals surface area contributed by atoms with Gasteiger partial charge < -0.3 is 9.73 Å². The van der Waals surface area contributed by atoms with Crippen molar-refractivity contribution in [3.05, 3.63) is 24.2 Å². The minimum atomic E-state index is -0.118. The SMILES string of the molecule is CC1(C)CC(=O)CC(c2ccco2)N1. The van der Waals surface area contributed by atoms with Crippen molar-refractivity contribution in [1.82, 2.24) is 5.32 Å². The summed E-state index contributed by atoms with van der Waals surface area (Å²) in [5.74, 6) is 1.15. The number of rotatable bonds is 1. The topological polar surface area (TPSA) is 42.2 Å². The van der Waals surface area contributed by atoms with E-state index in [1.807, 2.05) is 26.0 Å². The fourth-order valence-electron chi connectivity index (χ4n) is 2.03. The molecule has 1 N–H and O–H groups in total. The molecule has 2 rings (SSSR count). The molecule has 1 aliphatic rings. The molecule has 2 heterocycles. The number of furan rings is 1. The van der Waals surface area contributed by atoms with E-state index in [9.17, 15) is 4.79 Å². The van der Waals surface area contributed by atoms with Crippen molar-refractivity contribution in [3.63, 3.8) is 0 Å². The van der Waals surface area contributed by atoms with Crippen LogP contribution in [-0.4, -0.2) is 11.3 Å². The monoisotopic (exact) mass is 193 g/mol. The number of carbonyl (C=O) groups excluding carboxylic acids is 1. The predicted molar refractivity (Wildman–Crippen MR) is 52.9 cm³/mol. The molecule has 1 fully saturated rings. The second kappa shape index (κ2) is 3.24. The highest BCUT2D eigenvalue weighted by Gasteiger charge is 2.33. The summed E-state index contributed by atoms with van der Waals surface area (Å²) in [4.78, 5) is 11.5. The van der Waals surface area contributed by atoms with E-state index in [4.69, 9.17) is 4.42 Å². The van der Waals surface area contributed by atoms with Crippen LogP contribution >= 0.6 is 0 Å². The molecule has 1 aromatic heterocycles. The molecule has 1 unspecified atom stereocenters. The van der Waals surface area contributed by atoms with Crippen molar-refractivity contribution in [2.75, 3.05) is 0 Å². The first-order valence-electron chi connectivity index (χ1n) is 4.90. The van der Waals surface area contributed by atoms with Gasteiger partial charge in [0.25, 0.3) is 0 Å². The molecule has 3 nitrogen and oxygen atoms in total. The molecule has 3 heteroatoms. The van der Waals surface area contributed by atoms with Gasteiger partial charge in [-0.25, -0.2) is 0 Å². The van der Waals surface area contributed by atoms with Crippen molar-refractivity contribution in [3.8, 4) is 0 Å². The summed E-state index contributed by atoms with van der Waals surface area (Å²) < 4.78 is 5.30. The molecule has 1 aliphatic heterocycles. The molecule has 0 saturated carbocycles. The Morgan fingerprint density at radius 3 is 2.93 bits per heavy atom. The molecule has 0 spiro atoms. The van der Waals surface area contributed by atoms with Gasteiger partial charge in [-0.1, -0.05) is 0 Å². The Morgan fingerprint density at radius 1 is 1.57 bits per heavy atom. The van der Waals surface area contributed by atoms with Crippen LogP contribution in [0.4, 0.5) is 0 Å². The molecule has 1 aromatic rings. The summed E-state index contributed by atoms with van der Waals surface area (Å²) in [7, 11) is 0. The van der Waals surface area contributed by atoms with E-state index < -0.39 is 0 Å². The van der Waals surface area contributed by atoms with Crippen molar-refractivity contribution in [1.29, 1.82) is 0 Å². The summed E-state index contributed by atoms with van der Waals surface area (Å²) in [6.07, 6.45) is 2.78. The summed E-state index contributed by atoms with van der Waals surface area (Å²) in [6.45, 7) is 4.08. The number of nitrogens with one attached hydrogen (secondary N) is 1. The normalized spacial score (nSPS) is 26.4. The van der Waals surface area contributed by atoms with E-state index in [0.717, 1.165) is 5.76 Å². The highest BCUT2D eigenvalue weighted by atomic mass is 16.3. The van der Waals surface area contributed by atoms with Gasteiger partial charge in [0.2, 0.25) is 0 Å². The minimum Gasteiger partial charge on any atom is -0.468 e. The molecule has 0 aliphatic carbocycles. The second-order valence-electron chi connectivity index (χ2n) is 4.52. The summed E-state index contributed by atoms with van der Waals surface area (Å²) in [5.41, 5.74) is -0.118. The van der Waals surface area contributed by atoms with Gasteiger partial charge in [-0.15, -0.1) is 0 Å². The number of hydrogen-bond donors (Lipinski definition) is 1. The lowest BCUT2D eigenvalue weighted by Gasteiger charge is -2.35. The molecule has 1 saturated heterocycles. The van der Waals surface area contributed by atoms with Crippen LogP contribution in [0.2, 0.25) is 0 Å². The van der Waals surface area contributed by atoms with Crippen LogP contribution in [0, 0.1) is 0 Å². The van der Waals surface area contributed by atoms with Crippen molar-refractivity contribution < 1.29 is 9.21 Å². The fraction of sp³-hybridized carbons (Fsp3) is 0.545. The molecule has 0 aromatic carbocycles. The van der Waals surface area contributed by atoms with Crippen LogP contribution in [0.15, 0.2) is 22.8 Å². The predicted octanol–water partition coefficient (Wildman–Crippen LogP) is 2.05. The van der Waals surface area contributed by atoms with Gasteiger partial charge in [0, 0.05) is 18.4 Å². The Balaban J connectivity index is 2.18. The zero-order valence-corrected chi connectivity index (χ0v) is 8.54. The van der Waals surface area contributed by atoms with Gasteiger partial charge >= 0.3 is 0 Å². The number of Topliss-reactive ketones (excluding diaryl/α,β-unsaturated/α-hetero) is 1. The average Bonchev–Trinajstić information content (AvgIpc) is 2.51. The van der Waals surface area contributed by atoms with Crippen LogP contribution in [0.3, 0.4) is 0 Å². The molecule has 1 atom stereocenters. The highest BCUT2D eigenvalue weighted by molar-refractivity contribution is 5.81. The standard InChI is InChI=1S/C11H15NO2/c1-11(2)7-8(13)6-9(12-11)10-4-3-5-14-10/h3-5,9,12H,6-7H2,1-2H3. The lowest BCUT2D eigenvalue weighted by molar-refractivity contribution is -0.123. The van der Waals surface area contributed by atoms with Crippen molar-refractivity contribution >= 4 is 5.78 Å². The maximum Gasteiger partial charge on any atom is 0.136 e. The van der Waals surface area contributed by atoms with Gasteiger partial charge in [0.1, 0.15) is 11.5 Å². The van der Waals surface area contributed by atoms with E-state index in [2.05, 4.69) is 5.32 Å². The molecule has 76 valence electrons. The van der Waals surface area contributed by atoms with E-state index >= 15 is 0 Å². The maximum atomic E-state index is 11.5. The van der Waals surface area contributed by atoms with Crippen LogP contribution in [0.25, 0.3) is 0 Å². The largest absolute Gasteiger partial charge is 0.468 e. The van der Waals surface area contributed by atoms with Crippen LogP contribution in [-0.2, 0) is 4.79 Å². The quantitative estimate of drug-likeness (QED) is 0.742. The summed E-state index contributed by atoms with van der Waals surface area (Å²) in [5, 5.41) is 3.41. The second-order valence-corrected chi connectivity index (χ2v) is 4.52. The zero-order chi connectivity index (χ0) is 10.2. The zero-order valence-electron chi connectivity index (χ0n) is 8.54. The van der Waals surface area contributed by atoms with E-state index in [0.29, 0.717) is 18.6 Å². The van der Waals surface area contributed by atoms with Crippen LogP contribution in [0.5, 0.6) is 0 Å². The fourth-order valence-corrected chi connectivity index (χ4v) is 2.03. The smallest absolute Gasteiger partial charge is 0.136 e. The van der Waals surface area contributed by atoms with Gasteiger partial charge in [-0.3, -0.25) is 4.79 Å². The van der Waals surface area contributed by atoms with Crippen molar-refractivity contribution in [2.45, 2.75) is 38.3 Å². The van der Waals surface area contributed by atoms with Crippen LogP contribution in [0.1, 0.15) is 38.5 Å². The maximum absolute atomic E-state index is 11.5. The van der Waals surface area contributed by atoms with E-state index in [1.54, 1.807) is 6.26 Å². The van der Waals surface area contributed by atoms with Crippen molar-refractivity contribution in [2.24, 2.45) is 0 Å². The Hall–Kier alpha value is -1.09. The van der Waals surface area contributed by atoms with Gasteiger partial charge in [0.05, 0.1) is 12.3 Å². The first-order chi connectivity index (χ1) is 6.57. The molecule has 14 heavy (non-hydrogen) atoms. The first-order valence-corrected chi connectivity index (χ1v) is 4.90. The van der Waals surface area contributed by atoms with E-state index in [1.165, 1.54) is 0 Å². The number of carbonyl (C=O) groups is 1. The van der Waals surface area contributed by atoms with Crippen LogP contribution < -0.4 is 5.32 Å². The number of hydrogen-bond acceptors (Lipinski definition) is 3. The lowest BCUT2D eigenvalue weighted by Crippen LogP contribution is -2.48. The Kier molecular flexibility index (Phi) is 2.19. The Labute approximate surface area is 83.5 Å². The number of ketones is 1. The molecular weight excluding hydrogens is 178 g/mol.